The van der Waals surface area contributed by atoms with Crippen molar-refractivity contribution in [2.24, 2.45) is 17.4 Å². The molecule has 0 aromatic carbocycles. The Morgan fingerprint density at radius 3 is 1.85 bits per heavy atom. The standard InChI is InChI=1S/C20H35N5O8S/c1-10(2)8-14(20(32)33)25-18(30)12(4-5-16(27)28)23-19(31)13(9-15(22)26)24-17(29)11(21)6-7-34-3/h10-14H,4-9,21H2,1-3H3,(H2,22,26)(H,23,31)(H,24,29)(H,25,30)(H,27,28)(H,32,33). The van der Waals surface area contributed by atoms with E-state index in [1.54, 1.807) is 13.8 Å². The first-order valence-electron chi connectivity index (χ1n) is 10.7. The van der Waals surface area contributed by atoms with Gasteiger partial charge in [-0.05, 0) is 37.2 Å². The summed E-state index contributed by atoms with van der Waals surface area (Å²) >= 11 is 1.47. The lowest BCUT2D eigenvalue weighted by atomic mass is 10.0. The number of carboxylic acid groups (broad SMARTS) is 2. The molecule has 0 aliphatic heterocycles. The van der Waals surface area contributed by atoms with Gasteiger partial charge in [-0.3, -0.25) is 24.0 Å². The maximum Gasteiger partial charge on any atom is 0.326 e. The smallest absolute Gasteiger partial charge is 0.326 e. The normalized spacial score (nSPS) is 14.4. The first-order chi connectivity index (χ1) is 15.8. The van der Waals surface area contributed by atoms with E-state index in [2.05, 4.69) is 16.0 Å². The molecule has 0 aromatic rings. The molecule has 13 nitrogen and oxygen atoms in total. The van der Waals surface area contributed by atoms with Gasteiger partial charge >= 0.3 is 11.9 Å². The number of carbonyl (C=O) groups is 6. The topological polar surface area (TPSA) is 231 Å². The largest absolute Gasteiger partial charge is 0.481 e. The molecule has 4 amide bonds. The Bertz CT molecular complexity index is 748. The Labute approximate surface area is 202 Å². The zero-order valence-corrected chi connectivity index (χ0v) is 20.4. The summed E-state index contributed by atoms with van der Waals surface area (Å²) in [4.78, 5) is 71.7. The number of amides is 4. The maximum absolute atomic E-state index is 12.8. The number of nitrogens with two attached hydrogens (primary N) is 2. The van der Waals surface area contributed by atoms with Crippen LogP contribution >= 0.6 is 11.8 Å². The summed E-state index contributed by atoms with van der Waals surface area (Å²) in [6.45, 7) is 3.51. The summed E-state index contributed by atoms with van der Waals surface area (Å²) in [6, 6.07) is -5.10. The second kappa shape index (κ2) is 15.9. The highest BCUT2D eigenvalue weighted by atomic mass is 32.2. The molecule has 0 saturated carbocycles. The number of nitrogens with one attached hydrogen (secondary N) is 3. The fourth-order valence-electron chi connectivity index (χ4n) is 2.84. The minimum Gasteiger partial charge on any atom is -0.481 e. The Morgan fingerprint density at radius 2 is 1.38 bits per heavy atom. The van der Waals surface area contributed by atoms with Crippen molar-refractivity contribution < 1.29 is 39.0 Å². The monoisotopic (exact) mass is 505 g/mol. The van der Waals surface area contributed by atoms with Crippen molar-refractivity contribution in [1.29, 1.82) is 0 Å². The van der Waals surface area contributed by atoms with E-state index in [0.717, 1.165) is 0 Å². The fraction of sp³-hybridized carbons (Fsp3) is 0.700. The zero-order valence-electron chi connectivity index (χ0n) is 19.5. The van der Waals surface area contributed by atoms with E-state index in [1.165, 1.54) is 11.8 Å². The van der Waals surface area contributed by atoms with Crippen molar-refractivity contribution in [2.45, 2.75) is 70.1 Å². The number of thioether (sulfide) groups is 1. The molecular formula is C20H35N5O8S. The van der Waals surface area contributed by atoms with Crippen LogP contribution in [0.3, 0.4) is 0 Å². The number of primary amides is 1. The van der Waals surface area contributed by atoms with Gasteiger partial charge in [0.05, 0.1) is 12.5 Å². The quantitative estimate of drug-likeness (QED) is 0.119. The lowest BCUT2D eigenvalue weighted by Gasteiger charge is -2.25. The molecule has 4 atom stereocenters. The van der Waals surface area contributed by atoms with Gasteiger partial charge in [0.25, 0.3) is 0 Å². The van der Waals surface area contributed by atoms with E-state index in [9.17, 15) is 33.9 Å². The number of rotatable bonds is 17. The molecule has 0 aliphatic rings. The third-order valence-electron chi connectivity index (χ3n) is 4.61. The Kier molecular flexibility index (Phi) is 14.5. The summed E-state index contributed by atoms with van der Waals surface area (Å²) in [6.07, 6.45) is 0.790. The highest BCUT2D eigenvalue weighted by molar-refractivity contribution is 7.98. The minimum absolute atomic E-state index is 0.0704. The van der Waals surface area contributed by atoms with E-state index >= 15 is 0 Å². The SMILES string of the molecule is CSCCC(N)C(=O)NC(CC(N)=O)C(=O)NC(CCC(=O)O)C(=O)NC(CC(C)C)C(=O)O. The first-order valence-corrected chi connectivity index (χ1v) is 12.1. The summed E-state index contributed by atoms with van der Waals surface area (Å²) in [5.41, 5.74) is 10.9. The zero-order chi connectivity index (χ0) is 26.4. The summed E-state index contributed by atoms with van der Waals surface area (Å²) < 4.78 is 0. The van der Waals surface area contributed by atoms with E-state index < -0.39 is 72.6 Å². The van der Waals surface area contributed by atoms with Crippen LogP contribution in [0.25, 0.3) is 0 Å². The fourth-order valence-corrected chi connectivity index (χ4v) is 3.33. The molecule has 0 fully saturated rings. The molecule has 0 aliphatic carbocycles. The van der Waals surface area contributed by atoms with Gasteiger partial charge in [0.2, 0.25) is 23.6 Å². The van der Waals surface area contributed by atoms with Gasteiger partial charge in [-0.1, -0.05) is 13.8 Å². The van der Waals surface area contributed by atoms with Gasteiger partial charge in [-0.2, -0.15) is 11.8 Å². The Morgan fingerprint density at radius 1 is 0.853 bits per heavy atom. The van der Waals surface area contributed by atoms with Crippen LogP contribution in [0.1, 0.15) is 46.0 Å². The molecule has 34 heavy (non-hydrogen) atoms. The number of hydrogen-bond acceptors (Lipinski definition) is 8. The van der Waals surface area contributed by atoms with Crippen molar-refractivity contribution >= 4 is 47.3 Å². The highest BCUT2D eigenvalue weighted by Gasteiger charge is 2.31. The van der Waals surface area contributed by atoms with Crippen LogP contribution in [0.15, 0.2) is 0 Å². The predicted octanol–water partition coefficient (Wildman–Crippen LogP) is -1.61. The molecule has 0 rings (SSSR count). The molecule has 0 saturated heterocycles. The lowest BCUT2D eigenvalue weighted by molar-refractivity contribution is -0.143. The van der Waals surface area contributed by atoms with Gasteiger partial charge in [0.1, 0.15) is 18.1 Å². The van der Waals surface area contributed by atoms with Crippen LogP contribution in [-0.2, 0) is 28.8 Å². The lowest BCUT2D eigenvalue weighted by Crippen LogP contribution is -2.57. The van der Waals surface area contributed by atoms with Crippen molar-refractivity contribution in [3.05, 3.63) is 0 Å². The van der Waals surface area contributed by atoms with E-state index in [0.29, 0.717) is 12.2 Å². The molecule has 0 aromatic heterocycles. The van der Waals surface area contributed by atoms with Gasteiger partial charge < -0.3 is 37.6 Å². The van der Waals surface area contributed by atoms with Crippen molar-refractivity contribution in [2.75, 3.05) is 12.0 Å². The van der Waals surface area contributed by atoms with Crippen LogP contribution in [-0.4, -0.2) is 82.0 Å². The average Bonchev–Trinajstić information content (AvgIpc) is 2.72. The summed E-state index contributed by atoms with van der Waals surface area (Å²) in [7, 11) is 0. The molecule has 0 radical (unpaired) electrons. The number of aliphatic carboxylic acids is 2. The van der Waals surface area contributed by atoms with Crippen LogP contribution in [0.4, 0.5) is 0 Å². The van der Waals surface area contributed by atoms with E-state index in [1.807, 2.05) is 6.26 Å². The average molecular weight is 506 g/mol. The molecule has 0 bridgehead atoms. The molecular weight excluding hydrogens is 470 g/mol. The number of carbonyl (C=O) groups excluding carboxylic acids is 4. The van der Waals surface area contributed by atoms with Crippen LogP contribution < -0.4 is 27.4 Å². The molecule has 4 unspecified atom stereocenters. The maximum atomic E-state index is 12.8. The third-order valence-corrected chi connectivity index (χ3v) is 5.25. The van der Waals surface area contributed by atoms with Crippen molar-refractivity contribution in [1.82, 2.24) is 16.0 Å². The molecule has 14 heteroatoms. The van der Waals surface area contributed by atoms with Gasteiger partial charge in [-0.25, -0.2) is 4.79 Å². The van der Waals surface area contributed by atoms with E-state index in [-0.39, 0.29) is 18.8 Å². The van der Waals surface area contributed by atoms with Crippen molar-refractivity contribution in [3.63, 3.8) is 0 Å². The minimum atomic E-state index is -1.46. The first kappa shape index (κ1) is 31.1. The second-order valence-corrected chi connectivity index (χ2v) is 9.13. The summed E-state index contributed by atoms with van der Waals surface area (Å²) in [5, 5.41) is 25.2. The number of carboxylic acids is 2. The highest BCUT2D eigenvalue weighted by Crippen LogP contribution is 2.08. The molecule has 0 heterocycles. The Balaban J connectivity index is 5.55. The molecule has 0 spiro atoms. The number of hydrogen-bond donors (Lipinski definition) is 7. The van der Waals surface area contributed by atoms with Gasteiger partial charge in [0, 0.05) is 6.42 Å². The van der Waals surface area contributed by atoms with E-state index in [4.69, 9.17) is 16.6 Å². The van der Waals surface area contributed by atoms with Crippen LogP contribution in [0.2, 0.25) is 0 Å². The molecule has 9 N–H and O–H groups in total. The Hall–Kier alpha value is -2.87. The van der Waals surface area contributed by atoms with Gasteiger partial charge in [-0.15, -0.1) is 0 Å². The van der Waals surface area contributed by atoms with Gasteiger partial charge in [0.15, 0.2) is 0 Å². The summed E-state index contributed by atoms with van der Waals surface area (Å²) in [5.74, 6) is -5.51. The third kappa shape index (κ3) is 13.0. The second-order valence-electron chi connectivity index (χ2n) is 8.14. The van der Waals surface area contributed by atoms with Crippen LogP contribution in [0, 0.1) is 5.92 Å². The van der Waals surface area contributed by atoms with Crippen molar-refractivity contribution in [3.8, 4) is 0 Å². The predicted molar refractivity (Wildman–Crippen MR) is 125 cm³/mol. The van der Waals surface area contributed by atoms with Crippen LogP contribution in [0.5, 0.6) is 0 Å². The molecule has 194 valence electrons.